The Morgan fingerprint density at radius 3 is 2.80 bits per heavy atom. The van der Waals surface area contributed by atoms with Crippen LogP contribution in [0.4, 0.5) is 4.39 Å². The molecule has 1 aliphatic heterocycles. The van der Waals surface area contributed by atoms with Crippen LogP contribution in [0.5, 0.6) is 0 Å². The second kappa shape index (κ2) is 6.46. The van der Waals surface area contributed by atoms with Crippen LogP contribution in [-0.2, 0) is 6.54 Å². The molecule has 2 heterocycles. The van der Waals surface area contributed by atoms with E-state index in [9.17, 15) is 4.39 Å². The van der Waals surface area contributed by atoms with Crippen LogP contribution in [0, 0.1) is 5.82 Å². The molecule has 1 fully saturated rings. The zero-order chi connectivity index (χ0) is 13.8. The van der Waals surface area contributed by atoms with Crippen molar-refractivity contribution < 1.29 is 8.81 Å². The highest BCUT2D eigenvalue weighted by molar-refractivity contribution is 8.00. The van der Waals surface area contributed by atoms with E-state index < -0.39 is 0 Å². The summed E-state index contributed by atoms with van der Waals surface area (Å²) in [5.74, 6) is 2.78. The fraction of sp³-hybridized carbons (Fsp3) is 0.375. The summed E-state index contributed by atoms with van der Waals surface area (Å²) in [6, 6.07) is 10.3. The molecule has 0 saturated carbocycles. The molecule has 1 atom stereocenters. The lowest BCUT2D eigenvalue weighted by Gasteiger charge is -2.08. The van der Waals surface area contributed by atoms with Crippen molar-refractivity contribution in [3.63, 3.8) is 0 Å². The molecule has 1 aromatic heterocycles. The molecule has 0 radical (unpaired) electrons. The number of furan rings is 1. The summed E-state index contributed by atoms with van der Waals surface area (Å²) in [5.41, 5.74) is 0.906. The Balaban J connectivity index is 1.55. The zero-order valence-electron chi connectivity index (χ0n) is 11.3. The number of hydrogen-bond donors (Lipinski definition) is 1. The third-order valence-electron chi connectivity index (χ3n) is 3.49. The Morgan fingerprint density at radius 2 is 2.05 bits per heavy atom. The first-order valence-corrected chi connectivity index (χ1v) is 8.03. The van der Waals surface area contributed by atoms with E-state index in [1.807, 2.05) is 12.1 Å². The highest BCUT2D eigenvalue weighted by atomic mass is 32.2. The molecule has 4 heteroatoms. The van der Waals surface area contributed by atoms with Crippen LogP contribution < -0.4 is 5.32 Å². The molecule has 2 aromatic rings. The number of rotatable bonds is 5. The fourth-order valence-electron chi connectivity index (χ4n) is 2.40. The summed E-state index contributed by atoms with van der Waals surface area (Å²) in [7, 11) is 0. The third-order valence-corrected chi connectivity index (χ3v) is 4.88. The minimum absolute atomic E-state index is 0.226. The maximum atomic E-state index is 12.9. The van der Waals surface area contributed by atoms with Gasteiger partial charge in [0.2, 0.25) is 0 Å². The Morgan fingerprint density at radius 1 is 1.20 bits per heavy atom. The molecule has 0 bridgehead atoms. The van der Waals surface area contributed by atoms with Crippen molar-refractivity contribution in [1.82, 2.24) is 5.32 Å². The van der Waals surface area contributed by atoms with Crippen LogP contribution in [0.1, 0.15) is 18.6 Å². The van der Waals surface area contributed by atoms with Gasteiger partial charge in [-0.05, 0) is 55.0 Å². The van der Waals surface area contributed by atoms with Crippen molar-refractivity contribution in [2.75, 3.05) is 12.3 Å². The van der Waals surface area contributed by atoms with Crippen LogP contribution in [0.2, 0.25) is 0 Å². The minimum Gasteiger partial charge on any atom is -0.460 e. The minimum atomic E-state index is -0.226. The smallest absolute Gasteiger partial charge is 0.134 e. The molecule has 1 aromatic carbocycles. The summed E-state index contributed by atoms with van der Waals surface area (Å²) in [6.07, 6.45) is 2.66. The van der Waals surface area contributed by atoms with Gasteiger partial charge in [-0.3, -0.25) is 0 Å². The van der Waals surface area contributed by atoms with Gasteiger partial charge in [0.25, 0.3) is 0 Å². The van der Waals surface area contributed by atoms with Gasteiger partial charge in [0, 0.05) is 17.4 Å². The summed E-state index contributed by atoms with van der Waals surface area (Å²) in [5, 5.41) is 4.19. The summed E-state index contributed by atoms with van der Waals surface area (Å²) in [4.78, 5) is 0. The number of thioether (sulfide) groups is 1. The summed E-state index contributed by atoms with van der Waals surface area (Å²) < 4.78 is 18.7. The molecule has 1 saturated heterocycles. The fourth-order valence-corrected chi connectivity index (χ4v) is 3.64. The third kappa shape index (κ3) is 3.44. The van der Waals surface area contributed by atoms with Crippen molar-refractivity contribution >= 4 is 11.8 Å². The summed E-state index contributed by atoms with van der Waals surface area (Å²) in [6.45, 7) is 1.79. The average Bonchev–Trinajstić information content (AvgIpc) is 3.11. The Kier molecular flexibility index (Phi) is 4.43. The number of hydrogen-bond acceptors (Lipinski definition) is 3. The Hall–Kier alpha value is -1.26. The quantitative estimate of drug-likeness (QED) is 0.899. The largest absolute Gasteiger partial charge is 0.460 e. The van der Waals surface area contributed by atoms with E-state index in [0.717, 1.165) is 35.4 Å². The topological polar surface area (TPSA) is 25.2 Å². The molecule has 0 amide bonds. The van der Waals surface area contributed by atoms with Crippen molar-refractivity contribution in [3.05, 3.63) is 48.0 Å². The zero-order valence-corrected chi connectivity index (χ0v) is 12.1. The predicted octanol–water partition coefficient (Wildman–Crippen LogP) is 4.07. The molecule has 2 nitrogen and oxygen atoms in total. The second-order valence-corrected chi connectivity index (χ2v) is 6.45. The van der Waals surface area contributed by atoms with Gasteiger partial charge in [0.05, 0.1) is 6.54 Å². The van der Waals surface area contributed by atoms with Crippen LogP contribution in [0.3, 0.4) is 0 Å². The van der Waals surface area contributed by atoms with Gasteiger partial charge < -0.3 is 9.73 Å². The average molecular weight is 291 g/mol. The van der Waals surface area contributed by atoms with Gasteiger partial charge in [-0.1, -0.05) is 0 Å². The van der Waals surface area contributed by atoms with E-state index in [4.69, 9.17) is 4.42 Å². The van der Waals surface area contributed by atoms with E-state index in [-0.39, 0.29) is 5.82 Å². The molecule has 1 unspecified atom stereocenters. The monoisotopic (exact) mass is 291 g/mol. The van der Waals surface area contributed by atoms with Crippen LogP contribution >= 0.6 is 11.8 Å². The van der Waals surface area contributed by atoms with E-state index in [2.05, 4.69) is 17.1 Å². The van der Waals surface area contributed by atoms with Crippen molar-refractivity contribution in [2.24, 2.45) is 0 Å². The molecule has 3 rings (SSSR count). The number of halogens is 1. The molecule has 0 spiro atoms. The van der Waals surface area contributed by atoms with Crippen LogP contribution in [0.25, 0.3) is 11.3 Å². The van der Waals surface area contributed by atoms with E-state index in [0.29, 0.717) is 0 Å². The highest BCUT2D eigenvalue weighted by Gasteiger charge is 2.14. The number of nitrogens with one attached hydrogen (secondary N) is 1. The first-order chi connectivity index (χ1) is 9.81. The van der Waals surface area contributed by atoms with Crippen LogP contribution in [-0.4, -0.2) is 17.5 Å². The Bertz CT molecular complexity index is 546. The molecule has 1 N–H and O–H groups in total. The first kappa shape index (κ1) is 13.7. The standard InChI is InChI=1S/C16H18FNOS/c17-13-5-3-12(4-6-13)16-8-7-14(19-16)10-18-11-15-2-1-9-20-15/h3-8,15,18H,1-2,9-11H2. The van der Waals surface area contributed by atoms with Gasteiger partial charge >= 0.3 is 0 Å². The Labute approximate surface area is 122 Å². The van der Waals surface area contributed by atoms with E-state index in [1.165, 1.54) is 30.7 Å². The molecular weight excluding hydrogens is 273 g/mol. The van der Waals surface area contributed by atoms with Crippen LogP contribution in [0.15, 0.2) is 40.8 Å². The highest BCUT2D eigenvalue weighted by Crippen LogP contribution is 2.25. The maximum absolute atomic E-state index is 12.9. The van der Waals surface area contributed by atoms with Gasteiger partial charge in [0.1, 0.15) is 17.3 Å². The summed E-state index contributed by atoms with van der Waals surface area (Å²) >= 11 is 2.05. The molecule has 20 heavy (non-hydrogen) atoms. The van der Waals surface area contributed by atoms with Gasteiger partial charge in [-0.25, -0.2) is 4.39 Å². The SMILES string of the molecule is Fc1ccc(-c2ccc(CNCC3CCCS3)o2)cc1. The second-order valence-electron chi connectivity index (χ2n) is 5.04. The first-order valence-electron chi connectivity index (χ1n) is 6.98. The molecular formula is C16H18FNOS. The molecule has 0 aliphatic carbocycles. The normalized spacial score (nSPS) is 18.6. The molecule has 1 aliphatic rings. The number of benzene rings is 1. The van der Waals surface area contributed by atoms with Gasteiger partial charge in [0.15, 0.2) is 0 Å². The lowest BCUT2D eigenvalue weighted by molar-refractivity contribution is 0.492. The predicted molar refractivity (Wildman–Crippen MR) is 81.3 cm³/mol. The van der Waals surface area contributed by atoms with Gasteiger partial charge in [-0.15, -0.1) is 0 Å². The van der Waals surface area contributed by atoms with E-state index >= 15 is 0 Å². The lowest BCUT2D eigenvalue weighted by atomic mass is 10.2. The van der Waals surface area contributed by atoms with Gasteiger partial charge in [-0.2, -0.15) is 11.8 Å². The van der Waals surface area contributed by atoms with Crippen molar-refractivity contribution in [3.8, 4) is 11.3 Å². The van der Waals surface area contributed by atoms with E-state index in [1.54, 1.807) is 12.1 Å². The van der Waals surface area contributed by atoms with Crippen molar-refractivity contribution in [1.29, 1.82) is 0 Å². The van der Waals surface area contributed by atoms with Crippen molar-refractivity contribution in [2.45, 2.75) is 24.6 Å². The lowest BCUT2D eigenvalue weighted by Crippen LogP contribution is -2.22. The molecule has 106 valence electrons. The maximum Gasteiger partial charge on any atom is 0.134 e.